The van der Waals surface area contributed by atoms with Crippen LogP contribution in [0.4, 0.5) is 0 Å². The maximum atomic E-state index is 12.2. The number of ether oxygens (including phenoxy) is 1. The van der Waals surface area contributed by atoms with Crippen molar-refractivity contribution in [1.82, 2.24) is 4.90 Å². The van der Waals surface area contributed by atoms with Crippen LogP contribution >= 0.6 is 0 Å². The van der Waals surface area contributed by atoms with E-state index in [1.54, 1.807) is 0 Å². The molecule has 2 N–H and O–H groups in total. The fraction of sp³-hybridized carbons (Fsp3) is 0.562. The van der Waals surface area contributed by atoms with E-state index in [4.69, 9.17) is 10.5 Å². The van der Waals surface area contributed by atoms with Crippen molar-refractivity contribution in [3.63, 3.8) is 0 Å². The zero-order chi connectivity index (χ0) is 14.2. The minimum absolute atomic E-state index is 0.174. The van der Waals surface area contributed by atoms with Crippen molar-refractivity contribution < 1.29 is 9.53 Å². The van der Waals surface area contributed by atoms with E-state index in [9.17, 15) is 4.79 Å². The van der Waals surface area contributed by atoms with Crippen LogP contribution < -0.4 is 5.73 Å². The van der Waals surface area contributed by atoms with Gasteiger partial charge >= 0.3 is 0 Å². The van der Waals surface area contributed by atoms with Crippen LogP contribution in [-0.2, 0) is 16.1 Å². The maximum absolute atomic E-state index is 12.2. The van der Waals surface area contributed by atoms with Crippen molar-refractivity contribution in [3.05, 3.63) is 35.9 Å². The molecule has 0 bridgehead atoms. The van der Waals surface area contributed by atoms with Gasteiger partial charge in [0.05, 0.1) is 19.6 Å². The molecule has 1 atom stereocenters. The quantitative estimate of drug-likeness (QED) is 0.808. The summed E-state index contributed by atoms with van der Waals surface area (Å²) in [4.78, 5) is 14.1. The molecule has 4 nitrogen and oxygen atoms in total. The van der Waals surface area contributed by atoms with Crippen molar-refractivity contribution in [3.8, 4) is 0 Å². The number of hydrogen-bond donors (Lipinski definition) is 1. The van der Waals surface area contributed by atoms with E-state index in [0.29, 0.717) is 26.2 Å². The van der Waals surface area contributed by atoms with Crippen LogP contribution in [0.3, 0.4) is 0 Å². The fourth-order valence-electron chi connectivity index (χ4n) is 2.64. The third kappa shape index (κ3) is 4.32. The second-order valence-electron chi connectivity index (χ2n) is 5.26. The number of hydrogen-bond acceptors (Lipinski definition) is 3. The van der Waals surface area contributed by atoms with Gasteiger partial charge in [0.15, 0.2) is 0 Å². The van der Waals surface area contributed by atoms with Crippen LogP contribution in [0.2, 0.25) is 0 Å². The minimum Gasteiger partial charge on any atom is -0.376 e. The first-order chi connectivity index (χ1) is 9.81. The van der Waals surface area contributed by atoms with Gasteiger partial charge in [0.2, 0.25) is 5.91 Å². The summed E-state index contributed by atoms with van der Waals surface area (Å²) in [7, 11) is 0. The molecule has 1 aliphatic heterocycles. The van der Waals surface area contributed by atoms with Gasteiger partial charge in [-0.2, -0.15) is 0 Å². The number of piperidine rings is 1. The lowest BCUT2D eigenvalue weighted by atomic mass is 10.0. The summed E-state index contributed by atoms with van der Waals surface area (Å²) in [5.41, 5.74) is 6.87. The molecule has 4 heteroatoms. The molecule has 0 radical (unpaired) electrons. The molecule has 1 aromatic carbocycles. The highest BCUT2D eigenvalue weighted by Crippen LogP contribution is 2.17. The average Bonchev–Trinajstić information content (AvgIpc) is 2.52. The SMILES string of the molecule is NCC1CCCCN1C(=O)CCOCc1ccccc1. The van der Waals surface area contributed by atoms with Gasteiger partial charge in [0, 0.05) is 19.1 Å². The van der Waals surface area contributed by atoms with Crippen molar-refractivity contribution in [1.29, 1.82) is 0 Å². The molecule has 20 heavy (non-hydrogen) atoms. The Bertz CT molecular complexity index is 408. The lowest BCUT2D eigenvalue weighted by molar-refractivity contribution is -0.135. The summed E-state index contributed by atoms with van der Waals surface area (Å²) in [6, 6.07) is 10.2. The van der Waals surface area contributed by atoms with Crippen LogP contribution in [-0.4, -0.2) is 36.5 Å². The van der Waals surface area contributed by atoms with E-state index >= 15 is 0 Å². The van der Waals surface area contributed by atoms with Gasteiger partial charge in [0.1, 0.15) is 0 Å². The van der Waals surface area contributed by atoms with Crippen molar-refractivity contribution in [2.75, 3.05) is 19.7 Å². The van der Waals surface area contributed by atoms with Crippen LogP contribution in [0.1, 0.15) is 31.2 Å². The summed E-state index contributed by atoms with van der Waals surface area (Å²) >= 11 is 0. The first-order valence-electron chi connectivity index (χ1n) is 7.42. The van der Waals surface area contributed by atoms with Crippen LogP contribution in [0.25, 0.3) is 0 Å². The minimum atomic E-state index is 0.174. The maximum Gasteiger partial charge on any atom is 0.225 e. The second kappa shape index (κ2) is 8.02. The molecule has 0 aromatic heterocycles. The van der Waals surface area contributed by atoms with Gasteiger partial charge in [-0.25, -0.2) is 0 Å². The Morgan fingerprint density at radius 1 is 1.30 bits per heavy atom. The van der Waals surface area contributed by atoms with Gasteiger partial charge in [0.25, 0.3) is 0 Å². The summed E-state index contributed by atoms with van der Waals surface area (Å²) in [6.45, 7) is 2.45. The molecule has 2 rings (SSSR count). The van der Waals surface area contributed by atoms with E-state index in [-0.39, 0.29) is 11.9 Å². The largest absolute Gasteiger partial charge is 0.376 e. The molecule has 1 heterocycles. The number of carbonyl (C=O) groups excluding carboxylic acids is 1. The topological polar surface area (TPSA) is 55.6 Å². The number of nitrogens with two attached hydrogens (primary N) is 1. The van der Waals surface area contributed by atoms with Gasteiger partial charge in [-0.3, -0.25) is 4.79 Å². The van der Waals surface area contributed by atoms with Crippen LogP contribution in [0, 0.1) is 0 Å². The zero-order valence-electron chi connectivity index (χ0n) is 12.0. The van der Waals surface area contributed by atoms with E-state index in [1.165, 1.54) is 6.42 Å². The standard InChI is InChI=1S/C16H24N2O2/c17-12-15-8-4-5-10-18(15)16(19)9-11-20-13-14-6-2-1-3-7-14/h1-3,6-7,15H,4-5,8-13,17H2. The number of amides is 1. The summed E-state index contributed by atoms with van der Waals surface area (Å²) < 4.78 is 5.57. The summed E-state index contributed by atoms with van der Waals surface area (Å²) in [5.74, 6) is 0.174. The van der Waals surface area contributed by atoms with E-state index in [1.807, 2.05) is 35.2 Å². The first kappa shape index (κ1) is 15.0. The van der Waals surface area contributed by atoms with E-state index in [0.717, 1.165) is 24.9 Å². The molecule has 1 unspecified atom stereocenters. The third-order valence-corrected chi connectivity index (χ3v) is 3.79. The summed E-state index contributed by atoms with van der Waals surface area (Å²) in [6.07, 6.45) is 3.75. The highest BCUT2D eigenvalue weighted by atomic mass is 16.5. The highest BCUT2D eigenvalue weighted by Gasteiger charge is 2.24. The number of rotatable bonds is 6. The summed E-state index contributed by atoms with van der Waals surface area (Å²) in [5, 5.41) is 0. The average molecular weight is 276 g/mol. The molecule has 1 aliphatic rings. The second-order valence-corrected chi connectivity index (χ2v) is 5.26. The predicted molar refractivity (Wildman–Crippen MR) is 79.1 cm³/mol. The monoisotopic (exact) mass is 276 g/mol. The molecule has 1 aromatic rings. The molecule has 0 spiro atoms. The van der Waals surface area contributed by atoms with E-state index < -0.39 is 0 Å². The third-order valence-electron chi connectivity index (χ3n) is 3.79. The molecule has 110 valence electrons. The van der Waals surface area contributed by atoms with Crippen molar-refractivity contribution in [2.24, 2.45) is 5.73 Å². The van der Waals surface area contributed by atoms with Crippen LogP contribution in [0.5, 0.6) is 0 Å². The Labute approximate surface area is 120 Å². The molecule has 0 saturated carbocycles. The Kier molecular flexibility index (Phi) is 6.02. The number of likely N-dealkylation sites (tertiary alicyclic amines) is 1. The van der Waals surface area contributed by atoms with Crippen molar-refractivity contribution >= 4 is 5.91 Å². The fourth-order valence-corrected chi connectivity index (χ4v) is 2.64. The molecular formula is C16H24N2O2. The number of benzene rings is 1. The Morgan fingerprint density at radius 3 is 2.85 bits per heavy atom. The lowest BCUT2D eigenvalue weighted by Crippen LogP contribution is -2.47. The van der Waals surface area contributed by atoms with Crippen LogP contribution in [0.15, 0.2) is 30.3 Å². The lowest BCUT2D eigenvalue weighted by Gasteiger charge is -2.35. The van der Waals surface area contributed by atoms with Gasteiger partial charge < -0.3 is 15.4 Å². The predicted octanol–water partition coefficient (Wildman–Crippen LogP) is 1.93. The molecule has 1 saturated heterocycles. The number of carbonyl (C=O) groups is 1. The molecule has 1 fully saturated rings. The van der Waals surface area contributed by atoms with Crippen molar-refractivity contribution in [2.45, 2.75) is 38.3 Å². The Balaban J connectivity index is 1.69. The normalized spacial score (nSPS) is 19.1. The molecular weight excluding hydrogens is 252 g/mol. The number of nitrogens with zero attached hydrogens (tertiary/aromatic N) is 1. The smallest absolute Gasteiger partial charge is 0.225 e. The van der Waals surface area contributed by atoms with E-state index in [2.05, 4.69) is 0 Å². The molecule has 1 amide bonds. The zero-order valence-corrected chi connectivity index (χ0v) is 12.0. The highest BCUT2D eigenvalue weighted by molar-refractivity contribution is 5.76. The first-order valence-corrected chi connectivity index (χ1v) is 7.42. The Morgan fingerprint density at radius 2 is 2.10 bits per heavy atom. The van der Waals surface area contributed by atoms with Gasteiger partial charge in [-0.15, -0.1) is 0 Å². The Hall–Kier alpha value is -1.39. The van der Waals surface area contributed by atoms with Gasteiger partial charge in [-0.05, 0) is 24.8 Å². The molecule has 0 aliphatic carbocycles. The van der Waals surface area contributed by atoms with Gasteiger partial charge in [-0.1, -0.05) is 30.3 Å².